The third-order valence-electron chi connectivity index (χ3n) is 3.32. The third-order valence-corrected chi connectivity index (χ3v) is 5.05. The number of aliphatic hydroxyl groups is 1. The lowest BCUT2D eigenvalue weighted by Gasteiger charge is -2.29. The van der Waals surface area contributed by atoms with Gasteiger partial charge in [0.05, 0.1) is 11.0 Å². The maximum atomic E-state index is 12.0. The second-order valence-corrected chi connectivity index (χ2v) is 7.15. The number of nitrogens with one attached hydrogen (secondary N) is 1. The maximum absolute atomic E-state index is 12.0. The monoisotopic (exact) mass is 318 g/mol. The Morgan fingerprint density at radius 2 is 2.05 bits per heavy atom. The predicted molar refractivity (Wildman–Crippen MR) is 78.3 cm³/mol. The lowest BCUT2D eigenvalue weighted by Crippen LogP contribution is -2.42. The summed E-state index contributed by atoms with van der Waals surface area (Å²) in [6.07, 6.45) is 1.48. The Labute approximate surface area is 124 Å². The summed E-state index contributed by atoms with van der Waals surface area (Å²) in [5.74, 6) is 0. The van der Waals surface area contributed by atoms with Crippen molar-refractivity contribution in [2.75, 3.05) is 26.2 Å². The molecule has 112 valence electrons. The summed E-state index contributed by atoms with van der Waals surface area (Å²) in [4.78, 5) is 2.28. The van der Waals surface area contributed by atoms with Gasteiger partial charge >= 0.3 is 0 Å². The lowest BCUT2D eigenvalue weighted by molar-refractivity contribution is 0.0720. The molecule has 20 heavy (non-hydrogen) atoms. The van der Waals surface area contributed by atoms with Gasteiger partial charge in [-0.15, -0.1) is 0 Å². The number of hydrogen-bond donors (Lipinski definition) is 2. The number of halogens is 1. The van der Waals surface area contributed by atoms with Crippen molar-refractivity contribution in [2.24, 2.45) is 0 Å². The Morgan fingerprint density at radius 3 is 2.70 bits per heavy atom. The molecule has 0 saturated carbocycles. The number of piperidine rings is 1. The summed E-state index contributed by atoms with van der Waals surface area (Å²) in [5.41, 5.74) is 0. The largest absolute Gasteiger partial charge is 0.392 e. The molecular formula is C13H19ClN2O3S. The van der Waals surface area contributed by atoms with Crippen molar-refractivity contribution in [3.63, 3.8) is 0 Å². The van der Waals surface area contributed by atoms with E-state index in [4.69, 9.17) is 11.6 Å². The minimum Gasteiger partial charge on any atom is -0.392 e. The van der Waals surface area contributed by atoms with E-state index in [2.05, 4.69) is 9.62 Å². The Kier molecular flexibility index (Phi) is 5.40. The number of likely N-dealkylation sites (tertiary alicyclic amines) is 1. The third kappa shape index (κ3) is 4.43. The van der Waals surface area contributed by atoms with Gasteiger partial charge in [-0.2, -0.15) is 0 Å². The molecule has 0 aromatic heterocycles. The molecule has 1 aliphatic rings. The van der Waals surface area contributed by atoms with E-state index >= 15 is 0 Å². The highest BCUT2D eigenvalue weighted by Gasteiger charge is 2.18. The summed E-state index contributed by atoms with van der Waals surface area (Å²) in [6.45, 7) is 2.45. The number of aliphatic hydroxyl groups excluding tert-OH is 1. The van der Waals surface area contributed by atoms with Crippen LogP contribution in [0.15, 0.2) is 29.2 Å². The van der Waals surface area contributed by atoms with Crippen molar-refractivity contribution >= 4 is 21.6 Å². The minimum atomic E-state index is -3.49. The van der Waals surface area contributed by atoms with Crippen molar-refractivity contribution in [3.05, 3.63) is 29.3 Å². The second-order valence-electron chi connectivity index (χ2n) is 4.95. The second kappa shape index (κ2) is 6.87. The Bertz CT molecular complexity index is 533. The fourth-order valence-corrected chi connectivity index (χ4v) is 3.42. The quantitative estimate of drug-likeness (QED) is 0.852. The molecule has 1 aromatic rings. The Balaban J connectivity index is 1.85. The molecule has 2 rings (SSSR count). The SMILES string of the molecule is O=S(=O)(NCCN1CCC[C@H](O)C1)c1ccc(Cl)cc1. The first-order chi connectivity index (χ1) is 9.47. The average molecular weight is 319 g/mol. The zero-order chi connectivity index (χ0) is 14.6. The number of benzene rings is 1. The predicted octanol–water partition coefficient (Wildman–Crippen LogP) is 1.07. The van der Waals surface area contributed by atoms with E-state index in [9.17, 15) is 13.5 Å². The average Bonchev–Trinajstić information content (AvgIpc) is 2.39. The van der Waals surface area contributed by atoms with Crippen molar-refractivity contribution in [1.29, 1.82) is 0 Å². The maximum Gasteiger partial charge on any atom is 0.240 e. The number of sulfonamides is 1. The van der Waals surface area contributed by atoms with Crippen LogP contribution in [0.1, 0.15) is 12.8 Å². The van der Waals surface area contributed by atoms with Crippen LogP contribution in [0.25, 0.3) is 0 Å². The number of nitrogens with zero attached hydrogens (tertiary/aromatic N) is 1. The topological polar surface area (TPSA) is 69.6 Å². The van der Waals surface area contributed by atoms with Crippen LogP contribution in [-0.4, -0.2) is 50.7 Å². The van der Waals surface area contributed by atoms with Gasteiger partial charge in [-0.3, -0.25) is 4.90 Å². The van der Waals surface area contributed by atoms with Crippen LogP contribution in [0.3, 0.4) is 0 Å². The molecule has 0 amide bonds. The Morgan fingerprint density at radius 1 is 1.35 bits per heavy atom. The lowest BCUT2D eigenvalue weighted by atomic mass is 10.1. The summed E-state index contributed by atoms with van der Waals surface area (Å²) in [5, 5.41) is 10.1. The van der Waals surface area contributed by atoms with Crippen molar-refractivity contribution in [2.45, 2.75) is 23.8 Å². The first-order valence-corrected chi connectivity index (χ1v) is 8.49. The molecule has 1 saturated heterocycles. The van der Waals surface area contributed by atoms with Crippen molar-refractivity contribution in [3.8, 4) is 0 Å². The zero-order valence-electron chi connectivity index (χ0n) is 11.1. The van der Waals surface area contributed by atoms with E-state index in [0.717, 1.165) is 19.4 Å². The molecule has 1 heterocycles. The van der Waals surface area contributed by atoms with E-state index < -0.39 is 10.0 Å². The van der Waals surface area contributed by atoms with E-state index in [1.807, 2.05) is 0 Å². The molecule has 7 heteroatoms. The number of hydrogen-bond acceptors (Lipinski definition) is 4. The van der Waals surface area contributed by atoms with Crippen LogP contribution in [0.5, 0.6) is 0 Å². The van der Waals surface area contributed by atoms with Gasteiger partial charge < -0.3 is 5.11 Å². The summed E-state index contributed by atoms with van der Waals surface area (Å²) in [7, 11) is -3.49. The van der Waals surface area contributed by atoms with Crippen LogP contribution < -0.4 is 4.72 Å². The van der Waals surface area contributed by atoms with Gasteiger partial charge in [0.25, 0.3) is 0 Å². The van der Waals surface area contributed by atoms with Gasteiger partial charge in [0.1, 0.15) is 0 Å². The van der Waals surface area contributed by atoms with Gasteiger partial charge in [0.2, 0.25) is 10.0 Å². The summed E-state index contributed by atoms with van der Waals surface area (Å²) < 4.78 is 26.6. The van der Waals surface area contributed by atoms with Crippen LogP contribution in [0.2, 0.25) is 5.02 Å². The molecule has 0 spiro atoms. The molecule has 1 aromatic carbocycles. The zero-order valence-corrected chi connectivity index (χ0v) is 12.7. The van der Waals surface area contributed by atoms with E-state index in [1.54, 1.807) is 12.1 Å². The van der Waals surface area contributed by atoms with Crippen molar-refractivity contribution in [1.82, 2.24) is 9.62 Å². The highest BCUT2D eigenvalue weighted by Crippen LogP contribution is 2.14. The van der Waals surface area contributed by atoms with Crippen LogP contribution in [0.4, 0.5) is 0 Å². The molecule has 0 unspecified atom stereocenters. The molecule has 1 fully saturated rings. The molecule has 1 atom stereocenters. The highest BCUT2D eigenvalue weighted by molar-refractivity contribution is 7.89. The molecule has 1 aliphatic heterocycles. The van der Waals surface area contributed by atoms with Gasteiger partial charge in [-0.05, 0) is 43.7 Å². The fraction of sp³-hybridized carbons (Fsp3) is 0.538. The molecule has 5 nitrogen and oxygen atoms in total. The fourth-order valence-electron chi connectivity index (χ4n) is 2.27. The first-order valence-electron chi connectivity index (χ1n) is 6.63. The molecule has 0 radical (unpaired) electrons. The molecule has 0 aliphatic carbocycles. The molecule has 2 N–H and O–H groups in total. The van der Waals surface area contributed by atoms with Gasteiger partial charge in [-0.1, -0.05) is 11.6 Å². The number of rotatable bonds is 5. The highest BCUT2D eigenvalue weighted by atomic mass is 35.5. The van der Waals surface area contributed by atoms with Crippen LogP contribution in [0, 0.1) is 0 Å². The van der Waals surface area contributed by atoms with Gasteiger partial charge in [0.15, 0.2) is 0 Å². The number of β-amino-alcohol motifs (C(OH)–C–C–N with tert-alkyl or cyclic N) is 1. The molecule has 0 bridgehead atoms. The Hall–Kier alpha value is -0.660. The van der Waals surface area contributed by atoms with Crippen molar-refractivity contribution < 1.29 is 13.5 Å². The smallest absolute Gasteiger partial charge is 0.240 e. The van der Waals surface area contributed by atoms with Gasteiger partial charge in [-0.25, -0.2) is 13.1 Å². The first kappa shape index (κ1) is 15.7. The van der Waals surface area contributed by atoms with Crippen LogP contribution in [-0.2, 0) is 10.0 Å². The summed E-state index contributed by atoms with van der Waals surface area (Å²) in [6, 6.07) is 6.07. The summed E-state index contributed by atoms with van der Waals surface area (Å²) >= 11 is 5.74. The van der Waals surface area contributed by atoms with E-state index in [1.165, 1.54) is 12.1 Å². The normalized spacial score (nSPS) is 21.0. The molecular weight excluding hydrogens is 300 g/mol. The standard InChI is InChI=1S/C13H19ClN2O3S/c14-11-3-5-13(6-4-11)20(18,19)15-7-9-16-8-1-2-12(17)10-16/h3-6,12,15,17H,1-2,7-10H2/t12-/m0/s1. The van der Waals surface area contributed by atoms with Gasteiger partial charge in [0, 0.05) is 24.7 Å². The van der Waals surface area contributed by atoms with E-state index in [0.29, 0.717) is 24.7 Å². The van der Waals surface area contributed by atoms with Crippen LogP contribution >= 0.6 is 11.6 Å². The minimum absolute atomic E-state index is 0.209. The van der Waals surface area contributed by atoms with E-state index in [-0.39, 0.29) is 11.0 Å².